The molecule has 12 heavy (non-hydrogen) atoms. The van der Waals surface area contributed by atoms with Crippen molar-refractivity contribution in [3.8, 4) is 0 Å². The summed E-state index contributed by atoms with van der Waals surface area (Å²) in [7, 11) is 0. The van der Waals surface area contributed by atoms with E-state index in [0.29, 0.717) is 0 Å². The Morgan fingerprint density at radius 3 is 2.33 bits per heavy atom. The van der Waals surface area contributed by atoms with Crippen LogP contribution in [0.5, 0.6) is 0 Å². The molecule has 0 aromatic carbocycles. The first-order chi connectivity index (χ1) is 5.57. The lowest BCUT2D eigenvalue weighted by molar-refractivity contribution is -0.0596. The second-order valence-electron chi connectivity index (χ2n) is 2.90. The van der Waals surface area contributed by atoms with Crippen molar-refractivity contribution in [3.63, 3.8) is 0 Å². The predicted molar refractivity (Wildman–Crippen MR) is 41.2 cm³/mol. The van der Waals surface area contributed by atoms with Gasteiger partial charge in [0.1, 0.15) is 18.3 Å². The van der Waals surface area contributed by atoms with Crippen LogP contribution in [0, 0.1) is 0 Å². The predicted octanol–water partition coefficient (Wildman–Crippen LogP) is -2.67. The van der Waals surface area contributed by atoms with Crippen molar-refractivity contribution < 1.29 is 20.4 Å². The first-order valence-electron chi connectivity index (χ1n) is 3.69. The first kappa shape index (κ1) is 9.63. The molecule has 0 aromatic heterocycles. The molecule has 0 spiro atoms. The average molecular weight is 175 g/mol. The highest BCUT2D eigenvalue weighted by Gasteiger charge is 2.34. The van der Waals surface area contributed by atoms with Crippen molar-refractivity contribution >= 4 is 0 Å². The van der Waals surface area contributed by atoms with Crippen LogP contribution in [0.2, 0.25) is 0 Å². The number of aliphatic hydroxyl groups excluding tert-OH is 4. The molecule has 70 valence electrons. The van der Waals surface area contributed by atoms with Crippen LogP contribution in [-0.4, -0.2) is 51.4 Å². The summed E-state index contributed by atoms with van der Waals surface area (Å²) in [6.07, 6.45) is -2.34. The summed E-state index contributed by atoms with van der Waals surface area (Å²) < 4.78 is 0. The molecule has 0 saturated heterocycles. The smallest absolute Gasteiger partial charge is 0.111 e. The van der Waals surface area contributed by atoms with Crippen LogP contribution < -0.4 is 5.73 Å². The van der Waals surface area contributed by atoms with Crippen molar-refractivity contribution in [3.05, 3.63) is 11.6 Å². The number of hydrogen-bond donors (Lipinski definition) is 5. The van der Waals surface area contributed by atoms with Crippen molar-refractivity contribution in [2.75, 3.05) is 6.61 Å². The second kappa shape index (κ2) is 3.51. The number of aliphatic hydroxyl groups is 4. The maximum atomic E-state index is 9.23. The van der Waals surface area contributed by atoms with Gasteiger partial charge in [-0.15, -0.1) is 0 Å². The second-order valence-corrected chi connectivity index (χ2v) is 2.90. The van der Waals surface area contributed by atoms with Gasteiger partial charge in [0.05, 0.1) is 12.6 Å². The molecule has 0 bridgehead atoms. The van der Waals surface area contributed by atoms with Crippen LogP contribution in [0.25, 0.3) is 0 Å². The number of rotatable bonds is 1. The van der Waals surface area contributed by atoms with Crippen LogP contribution >= 0.6 is 0 Å². The van der Waals surface area contributed by atoms with Gasteiger partial charge in [0, 0.05) is 0 Å². The monoisotopic (exact) mass is 175 g/mol. The zero-order valence-corrected chi connectivity index (χ0v) is 6.46. The maximum absolute atomic E-state index is 9.23. The Kier molecular flexibility index (Phi) is 2.81. The van der Waals surface area contributed by atoms with E-state index in [1.165, 1.54) is 6.08 Å². The number of nitrogens with two attached hydrogens (primary N) is 1. The van der Waals surface area contributed by atoms with Gasteiger partial charge < -0.3 is 26.2 Å². The van der Waals surface area contributed by atoms with Crippen molar-refractivity contribution in [2.45, 2.75) is 24.4 Å². The summed E-state index contributed by atoms with van der Waals surface area (Å²) in [5.74, 6) is 0. The lowest BCUT2D eigenvalue weighted by atomic mass is 9.89. The molecule has 0 aromatic rings. The van der Waals surface area contributed by atoms with Crippen LogP contribution in [0.3, 0.4) is 0 Å². The third kappa shape index (κ3) is 1.50. The maximum Gasteiger partial charge on any atom is 0.111 e. The quantitative estimate of drug-likeness (QED) is 0.279. The van der Waals surface area contributed by atoms with Crippen molar-refractivity contribution in [2.24, 2.45) is 5.73 Å². The van der Waals surface area contributed by atoms with E-state index in [1.807, 2.05) is 0 Å². The van der Waals surface area contributed by atoms with Gasteiger partial charge in [-0.3, -0.25) is 0 Å². The molecule has 5 heteroatoms. The summed E-state index contributed by atoms with van der Waals surface area (Å²) in [6.45, 7) is -0.362. The van der Waals surface area contributed by atoms with Gasteiger partial charge in [0.25, 0.3) is 0 Å². The molecule has 1 aliphatic rings. The fourth-order valence-electron chi connectivity index (χ4n) is 1.22. The molecule has 1 aliphatic carbocycles. The molecule has 1 rings (SSSR count). The minimum atomic E-state index is -1.31. The van der Waals surface area contributed by atoms with E-state index in [0.717, 1.165) is 0 Å². The van der Waals surface area contributed by atoms with Gasteiger partial charge in [0.2, 0.25) is 0 Å². The molecule has 0 aliphatic heterocycles. The van der Waals surface area contributed by atoms with Gasteiger partial charge in [0.15, 0.2) is 0 Å². The topological polar surface area (TPSA) is 107 Å². The third-order valence-corrected chi connectivity index (χ3v) is 2.04. The normalized spacial score (nSPS) is 42.6. The van der Waals surface area contributed by atoms with Gasteiger partial charge in [-0.05, 0) is 5.57 Å². The molecule has 0 fully saturated rings. The van der Waals surface area contributed by atoms with Gasteiger partial charge in [-0.1, -0.05) is 6.08 Å². The SMILES string of the molecule is N[C@@H]1C=C(CO)C(O)[C@H](O)C1O. The summed E-state index contributed by atoms with van der Waals surface area (Å²) in [4.78, 5) is 0. The van der Waals surface area contributed by atoms with Crippen LogP contribution in [0.4, 0.5) is 0 Å². The Morgan fingerprint density at radius 1 is 1.25 bits per heavy atom. The van der Waals surface area contributed by atoms with E-state index in [2.05, 4.69) is 0 Å². The Balaban J connectivity index is 2.84. The minimum absolute atomic E-state index is 0.250. The zero-order valence-electron chi connectivity index (χ0n) is 6.46. The molecule has 4 atom stereocenters. The summed E-state index contributed by atoms with van der Waals surface area (Å²) in [5, 5.41) is 36.3. The fraction of sp³-hybridized carbons (Fsp3) is 0.714. The summed E-state index contributed by atoms with van der Waals surface area (Å²) in [5.41, 5.74) is 5.64. The van der Waals surface area contributed by atoms with Crippen LogP contribution in [0.1, 0.15) is 0 Å². The molecule has 0 radical (unpaired) electrons. The van der Waals surface area contributed by atoms with Crippen molar-refractivity contribution in [1.82, 2.24) is 0 Å². The molecule has 2 unspecified atom stereocenters. The standard InChI is InChI=1S/C7H13NO4/c8-4-1-3(2-9)5(10)7(12)6(4)11/h1,4-7,9-12H,2,8H2/t4-,5?,6?,7+/m1/s1. The highest BCUT2D eigenvalue weighted by molar-refractivity contribution is 5.20. The minimum Gasteiger partial charge on any atom is -0.392 e. The molecule has 0 amide bonds. The molecular formula is C7H13NO4. The Morgan fingerprint density at radius 2 is 1.83 bits per heavy atom. The number of hydrogen-bond acceptors (Lipinski definition) is 5. The highest BCUT2D eigenvalue weighted by atomic mass is 16.4. The highest BCUT2D eigenvalue weighted by Crippen LogP contribution is 2.18. The van der Waals surface area contributed by atoms with Crippen LogP contribution in [-0.2, 0) is 0 Å². The molecule has 6 N–H and O–H groups in total. The Labute approximate surface area is 69.8 Å². The van der Waals surface area contributed by atoms with Gasteiger partial charge in [-0.2, -0.15) is 0 Å². The summed E-state index contributed by atoms with van der Waals surface area (Å²) >= 11 is 0. The van der Waals surface area contributed by atoms with Crippen molar-refractivity contribution in [1.29, 1.82) is 0 Å². The Hall–Kier alpha value is -0.460. The van der Waals surface area contributed by atoms with Gasteiger partial charge in [-0.25, -0.2) is 0 Å². The van der Waals surface area contributed by atoms with E-state index >= 15 is 0 Å². The summed E-state index contributed by atoms with van der Waals surface area (Å²) in [6, 6.07) is -0.731. The molecule has 0 saturated carbocycles. The lowest BCUT2D eigenvalue weighted by Gasteiger charge is -2.32. The average Bonchev–Trinajstić information content (AvgIpc) is 2.08. The Bertz CT molecular complexity index is 194. The molecule has 5 nitrogen and oxygen atoms in total. The molecular weight excluding hydrogens is 162 g/mol. The largest absolute Gasteiger partial charge is 0.392 e. The molecule has 0 heterocycles. The third-order valence-electron chi connectivity index (χ3n) is 2.04. The zero-order chi connectivity index (χ0) is 9.30. The van der Waals surface area contributed by atoms with E-state index in [4.69, 9.17) is 15.9 Å². The van der Waals surface area contributed by atoms with E-state index < -0.39 is 24.4 Å². The van der Waals surface area contributed by atoms with E-state index in [-0.39, 0.29) is 12.2 Å². The van der Waals surface area contributed by atoms with Gasteiger partial charge >= 0.3 is 0 Å². The lowest BCUT2D eigenvalue weighted by Crippen LogP contribution is -2.52. The fourth-order valence-corrected chi connectivity index (χ4v) is 1.22. The van der Waals surface area contributed by atoms with Crippen LogP contribution in [0.15, 0.2) is 11.6 Å². The first-order valence-corrected chi connectivity index (χ1v) is 3.69. The van der Waals surface area contributed by atoms with E-state index in [1.54, 1.807) is 0 Å². The van der Waals surface area contributed by atoms with E-state index in [9.17, 15) is 10.2 Å².